The summed E-state index contributed by atoms with van der Waals surface area (Å²) in [6.45, 7) is 0. The van der Waals surface area contributed by atoms with E-state index in [-0.39, 0.29) is 5.75 Å². The molecule has 3 aromatic rings. The number of aromatic nitrogens is 1. The van der Waals surface area contributed by atoms with E-state index in [0.29, 0.717) is 17.0 Å². The third-order valence-corrected chi connectivity index (χ3v) is 2.82. The first-order valence-electron chi connectivity index (χ1n) is 5.81. The summed E-state index contributed by atoms with van der Waals surface area (Å²) in [7, 11) is 0. The van der Waals surface area contributed by atoms with Crippen molar-refractivity contribution in [2.24, 2.45) is 0 Å². The molecule has 19 heavy (non-hydrogen) atoms. The van der Waals surface area contributed by atoms with Crippen LogP contribution in [0.3, 0.4) is 0 Å². The third-order valence-electron chi connectivity index (χ3n) is 2.82. The predicted molar refractivity (Wildman–Crippen MR) is 72.6 cm³/mol. The number of nitrogens with zero attached hydrogens (tertiary/aromatic N) is 1. The fraction of sp³-hybridized carbons (Fsp3) is 0. The standard InChI is InChI=1S/C15H11FN2O/c16-11-5-1-2-6-13(11)19-14-8-7-12(17)10-4-3-9-18-15(10)14/h1-9H,17H2. The van der Waals surface area contributed by atoms with Crippen molar-refractivity contribution in [2.45, 2.75) is 0 Å². The highest BCUT2D eigenvalue weighted by molar-refractivity contribution is 5.94. The van der Waals surface area contributed by atoms with Gasteiger partial charge in [0, 0.05) is 17.3 Å². The summed E-state index contributed by atoms with van der Waals surface area (Å²) < 4.78 is 19.2. The molecule has 0 aliphatic carbocycles. The molecule has 1 heterocycles. The second-order valence-electron chi connectivity index (χ2n) is 4.08. The molecule has 2 aromatic carbocycles. The maximum absolute atomic E-state index is 13.6. The van der Waals surface area contributed by atoms with Gasteiger partial charge in [0.15, 0.2) is 17.3 Å². The Morgan fingerprint density at radius 1 is 0.947 bits per heavy atom. The van der Waals surface area contributed by atoms with Gasteiger partial charge in [0.2, 0.25) is 0 Å². The largest absolute Gasteiger partial charge is 0.452 e. The van der Waals surface area contributed by atoms with Gasteiger partial charge >= 0.3 is 0 Å². The SMILES string of the molecule is Nc1ccc(Oc2ccccc2F)c2ncccc12. The molecule has 0 saturated heterocycles. The van der Waals surface area contributed by atoms with Crippen molar-refractivity contribution in [1.29, 1.82) is 0 Å². The molecule has 3 rings (SSSR count). The molecule has 0 spiro atoms. The second-order valence-corrected chi connectivity index (χ2v) is 4.08. The molecule has 0 amide bonds. The summed E-state index contributed by atoms with van der Waals surface area (Å²) in [6, 6.07) is 13.3. The summed E-state index contributed by atoms with van der Waals surface area (Å²) in [5, 5.41) is 0.788. The minimum absolute atomic E-state index is 0.166. The number of nitrogen functional groups attached to an aromatic ring is 1. The zero-order chi connectivity index (χ0) is 13.2. The Labute approximate surface area is 109 Å². The average Bonchev–Trinajstić information content (AvgIpc) is 2.44. The van der Waals surface area contributed by atoms with E-state index < -0.39 is 5.82 Å². The Balaban J connectivity index is 2.12. The van der Waals surface area contributed by atoms with Crippen LogP contribution in [0.15, 0.2) is 54.7 Å². The third kappa shape index (κ3) is 2.08. The lowest BCUT2D eigenvalue weighted by atomic mass is 10.1. The predicted octanol–water partition coefficient (Wildman–Crippen LogP) is 3.75. The van der Waals surface area contributed by atoms with Crippen LogP contribution in [0.5, 0.6) is 11.5 Å². The molecule has 1 aromatic heterocycles. The fourth-order valence-electron chi connectivity index (χ4n) is 1.90. The first-order chi connectivity index (χ1) is 9.25. The van der Waals surface area contributed by atoms with Crippen LogP contribution in [-0.2, 0) is 0 Å². The summed E-state index contributed by atoms with van der Waals surface area (Å²) >= 11 is 0. The molecular formula is C15H11FN2O. The zero-order valence-electron chi connectivity index (χ0n) is 10.0. The molecule has 94 valence electrons. The Kier molecular flexibility index (Phi) is 2.76. The molecule has 0 aliphatic heterocycles. The second kappa shape index (κ2) is 4.57. The first kappa shape index (κ1) is 11.5. The normalized spacial score (nSPS) is 10.6. The van der Waals surface area contributed by atoms with Crippen molar-refractivity contribution >= 4 is 16.6 Å². The van der Waals surface area contributed by atoms with Gasteiger partial charge in [-0.2, -0.15) is 0 Å². The van der Waals surface area contributed by atoms with Crippen molar-refractivity contribution < 1.29 is 9.13 Å². The van der Waals surface area contributed by atoms with Gasteiger partial charge in [-0.05, 0) is 36.4 Å². The van der Waals surface area contributed by atoms with E-state index in [1.54, 1.807) is 42.6 Å². The monoisotopic (exact) mass is 254 g/mol. The molecule has 3 nitrogen and oxygen atoms in total. The van der Waals surface area contributed by atoms with Crippen LogP contribution in [0.2, 0.25) is 0 Å². The number of hydrogen-bond acceptors (Lipinski definition) is 3. The van der Waals surface area contributed by atoms with Crippen LogP contribution in [0.4, 0.5) is 10.1 Å². The Morgan fingerprint density at radius 2 is 1.79 bits per heavy atom. The lowest BCUT2D eigenvalue weighted by Crippen LogP contribution is -1.93. The van der Waals surface area contributed by atoms with E-state index >= 15 is 0 Å². The number of halogens is 1. The van der Waals surface area contributed by atoms with Gasteiger partial charge < -0.3 is 10.5 Å². The van der Waals surface area contributed by atoms with Gasteiger partial charge in [-0.25, -0.2) is 4.39 Å². The van der Waals surface area contributed by atoms with E-state index in [1.165, 1.54) is 6.07 Å². The van der Waals surface area contributed by atoms with Crippen molar-refractivity contribution in [3.05, 3.63) is 60.5 Å². The highest BCUT2D eigenvalue weighted by atomic mass is 19.1. The van der Waals surface area contributed by atoms with Crippen molar-refractivity contribution in [3.63, 3.8) is 0 Å². The number of hydrogen-bond donors (Lipinski definition) is 1. The number of fused-ring (bicyclic) bond motifs is 1. The smallest absolute Gasteiger partial charge is 0.165 e. The molecule has 0 bridgehead atoms. The summed E-state index contributed by atoms with van der Waals surface area (Å²) in [5.74, 6) is 0.234. The minimum atomic E-state index is -0.414. The van der Waals surface area contributed by atoms with E-state index in [2.05, 4.69) is 4.98 Å². The lowest BCUT2D eigenvalue weighted by Gasteiger charge is -2.10. The fourth-order valence-corrected chi connectivity index (χ4v) is 1.90. The number of anilines is 1. The highest BCUT2D eigenvalue weighted by Crippen LogP contribution is 2.32. The summed E-state index contributed by atoms with van der Waals surface area (Å²) in [6.07, 6.45) is 1.65. The minimum Gasteiger partial charge on any atom is -0.452 e. The van der Waals surface area contributed by atoms with Crippen LogP contribution in [0.25, 0.3) is 10.9 Å². The van der Waals surface area contributed by atoms with Gasteiger partial charge in [-0.3, -0.25) is 4.98 Å². The Bertz CT molecular complexity index is 743. The lowest BCUT2D eigenvalue weighted by molar-refractivity contribution is 0.446. The van der Waals surface area contributed by atoms with Crippen LogP contribution in [-0.4, -0.2) is 4.98 Å². The van der Waals surface area contributed by atoms with E-state index in [9.17, 15) is 4.39 Å². The van der Waals surface area contributed by atoms with E-state index in [0.717, 1.165) is 5.39 Å². The summed E-state index contributed by atoms with van der Waals surface area (Å²) in [5.41, 5.74) is 7.11. The molecular weight excluding hydrogens is 243 g/mol. The number of pyridine rings is 1. The van der Waals surface area contributed by atoms with Crippen molar-refractivity contribution in [2.75, 3.05) is 5.73 Å². The molecule has 0 aliphatic rings. The highest BCUT2D eigenvalue weighted by Gasteiger charge is 2.09. The number of para-hydroxylation sites is 1. The van der Waals surface area contributed by atoms with Gasteiger partial charge in [0.25, 0.3) is 0 Å². The molecule has 4 heteroatoms. The van der Waals surface area contributed by atoms with E-state index in [4.69, 9.17) is 10.5 Å². The average molecular weight is 254 g/mol. The van der Waals surface area contributed by atoms with Crippen molar-refractivity contribution in [1.82, 2.24) is 4.98 Å². The molecule has 0 fully saturated rings. The number of ether oxygens (including phenoxy) is 1. The van der Waals surface area contributed by atoms with Crippen LogP contribution < -0.4 is 10.5 Å². The molecule has 0 saturated carbocycles. The van der Waals surface area contributed by atoms with Gasteiger partial charge in [0.1, 0.15) is 5.52 Å². The van der Waals surface area contributed by atoms with Crippen molar-refractivity contribution in [3.8, 4) is 11.5 Å². The zero-order valence-corrected chi connectivity index (χ0v) is 10.0. The van der Waals surface area contributed by atoms with Gasteiger partial charge in [-0.15, -0.1) is 0 Å². The topological polar surface area (TPSA) is 48.1 Å². The van der Waals surface area contributed by atoms with E-state index in [1.807, 2.05) is 6.07 Å². The van der Waals surface area contributed by atoms with Crippen LogP contribution >= 0.6 is 0 Å². The maximum atomic E-state index is 13.6. The van der Waals surface area contributed by atoms with Crippen LogP contribution in [0, 0.1) is 5.82 Å². The number of benzene rings is 2. The number of nitrogens with two attached hydrogens (primary N) is 1. The molecule has 2 N–H and O–H groups in total. The van der Waals surface area contributed by atoms with Gasteiger partial charge in [0.05, 0.1) is 0 Å². The maximum Gasteiger partial charge on any atom is 0.165 e. The Morgan fingerprint density at radius 3 is 2.63 bits per heavy atom. The molecule has 0 radical (unpaired) electrons. The Hall–Kier alpha value is -2.62. The quantitative estimate of drug-likeness (QED) is 0.708. The van der Waals surface area contributed by atoms with Gasteiger partial charge in [-0.1, -0.05) is 12.1 Å². The first-order valence-corrected chi connectivity index (χ1v) is 5.81. The summed E-state index contributed by atoms with van der Waals surface area (Å²) in [4.78, 5) is 4.24. The number of rotatable bonds is 2. The molecule has 0 unspecified atom stereocenters. The van der Waals surface area contributed by atoms with Crippen LogP contribution in [0.1, 0.15) is 0 Å². The molecule has 0 atom stereocenters.